The molecule has 94 valence electrons. The molecule has 0 bridgehead atoms. The predicted octanol–water partition coefficient (Wildman–Crippen LogP) is 1.98. The van der Waals surface area contributed by atoms with Gasteiger partial charge in [0.25, 0.3) is 0 Å². The fraction of sp³-hybridized carbons (Fsp3) is 0.462. The third kappa shape index (κ3) is 4.75. The molecule has 0 saturated carbocycles. The van der Waals surface area contributed by atoms with Crippen molar-refractivity contribution in [2.45, 2.75) is 26.3 Å². The molecule has 0 aliphatic rings. The average Bonchev–Trinajstić information content (AvgIpc) is 2.30. The topological polar surface area (TPSA) is 55.1 Å². The van der Waals surface area contributed by atoms with Crippen LogP contribution in [0.2, 0.25) is 5.02 Å². The predicted molar refractivity (Wildman–Crippen MR) is 71.0 cm³/mol. The van der Waals surface area contributed by atoms with Crippen LogP contribution < -0.4 is 11.1 Å². The molecule has 1 amide bonds. The summed E-state index contributed by atoms with van der Waals surface area (Å²) >= 11 is 5.79. The van der Waals surface area contributed by atoms with Gasteiger partial charge in [-0.1, -0.05) is 37.6 Å². The van der Waals surface area contributed by atoms with Crippen molar-refractivity contribution < 1.29 is 4.79 Å². The molecular weight excluding hydrogens is 236 g/mol. The third-order valence-electron chi connectivity index (χ3n) is 2.65. The smallest absolute Gasteiger partial charge is 0.237 e. The van der Waals surface area contributed by atoms with E-state index in [0.29, 0.717) is 6.54 Å². The normalized spacial score (nSPS) is 12.5. The van der Waals surface area contributed by atoms with Gasteiger partial charge in [-0.25, -0.2) is 0 Å². The minimum absolute atomic E-state index is 0.0889. The highest BCUT2D eigenvalue weighted by Gasteiger charge is 2.16. The lowest BCUT2D eigenvalue weighted by Crippen LogP contribution is -2.44. The van der Waals surface area contributed by atoms with Crippen molar-refractivity contribution in [2.24, 2.45) is 11.7 Å². The van der Waals surface area contributed by atoms with Gasteiger partial charge >= 0.3 is 0 Å². The number of nitrogens with one attached hydrogen (secondary N) is 1. The van der Waals surface area contributed by atoms with Gasteiger partial charge in [0, 0.05) is 11.6 Å². The van der Waals surface area contributed by atoms with Gasteiger partial charge in [-0.15, -0.1) is 0 Å². The average molecular weight is 255 g/mol. The van der Waals surface area contributed by atoms with Crippen LogP contribution in [0, 0.1) is 5.92 Å². The molecular formula is C13H19ClN2O. The van der Waals surface area contributed by atoms with Crippen LogP contribution in [0.3, 0.4) is 0 Å². The van der Waals surface area contributed by atoms with E-state index in [1.165, 1.54) is 0 Å². The van der Waals surface area contributed by atoms with Gasteiger partial charge in [0.2, 0.25) is 5.91 Å². The van der Waals surface area contributed by atoms with Gasteiger partial charge in [0.1, 0.15) is 0 Å². The van der Waals surface area contributed by atoms with Crippen LogP contribution in [0.15, 0.2) is 24.3 Å². The van der Waals surface area contributed by atoms with Crippen LogP contribution in [0.1, 0.15) is 19.4 Å². The Morgan fingerprint density at radius 2 is 1.94 bits per heavy atom. The van der Waals surface area contributed by atoms with Crippen molar-refractivity contribution in [3.05, 3.63) is 34.9 Å². The highest BCUT2D eigenvalue weighted by atomic mass is 35.5. The number of carbonyl (C=O) groups excluding carboxylic acids is 1. The fourth-order valence-corrected chi connectivity index (χ4v) is 1.53. The first-order valence-corrected chi connectivity index (χ1v) is 6.16. The second kappa shape index (κ2) is 6.62. The van der Waals surface area contributed by atoms with E-state index in [1.54, 1.807) is 0 Å². The van der Waals surface area contributed by atoms with E-state index in [9.17, 15) is 4.79 Å². The zero-order valence-corrected chi connectivity index (χ0v) is 11.0. The maximum atomic E-state index is 11.6. The maximum absolute atomic E-state index is 11.6. The van der Waals surface area contributed by atoms with Crippen molar-refractivity contribution in [1.29, 1.82) is 0 Å². The molecule has 3 N–H and O–H groups in total. The number of rotatable bonds is 5. The van der Waals surface area contributed by atoms with E-state index in [0.717, 1.165) is 17.0 Å². The lowest BCUT2D eigenvalue weighted by Gasteiger charge is -2.15. The Bertz CT molecular complexity index is 362. The summed E-state index contributed by atoms with van der Waals surface area (Å²) in [7, 11) is 0. The Balaban J connectivity index is 2.33. The summed E-state index contributed by atoms with van der Waals surface area (Å²) in [4.78, 5) is 11.6. The molecule has 1 rings (SSSR count). The molecule has 1 aromatic rings. The van der Waals surface area contributed by atoms with Crippen LogP contribution in [0.4, 0.5) is 0 Å². The standard InChI is InChI=1S/C13H19ClN2O/c1-9(2)12(15)13(17)16-8-7-10-3-5-11(14)6-4-10/h3-6,9,12H,7-8,15H2,1-2H3,(H,16,17)/t12-/m1/s1. The molecule has 4 heteroatoms. The molecule has 0 aromatic heterocycles. The number of nitrogens with two attached hydrogens (primary N) is 1. The van der Waals surface area contributed by atoms with E-state index in [1.807, 2.05) is 38.1 Å². The van der Waals surface area contributed by atoms with E-state index in [-0.39, 0.29) is 11.8 Å². The molecule has 0 heterocycles. The second-order valence-corrected chi connectivity index (χ2v) is 4.87. The van der Waals surface area contributed by atoms with E-state index >= 15 is 0 Å². The van der Waals surface area contributed by atoms with Crippen molar-refractivity contribution in [2.75, 3.05) is 6.54 Å². The zero-order chi connectivity index (χ0) is 12.8. The van der Waals surface area contributed by atoms with Crippen LogP contribution in [0.25, 0.3) is 0 Å². The summed E-state index contributed by atoms with van der Waals surface area (Å²) in [5.74, 6) is 0.0690. The maximum Gasteiger partial charge on any atom is 0.237 e. The van der Waals surface area contributed by atoms with Crippen LogP contribution in [0.5, 0.6) is 0 Å². The number of hydrogen-bond acceptors (Lipinski definition) is 2. The van der Waals surface area contributed by atoms with E-state index < -0.39 is 6.04 Å². The largest absolute Gasteiger partial charge is 0.354 e. The quantitative estimate of drug-likeness (QED) is 0.844. The Hall–Kier alpha value is -1.06. The Morgan fingerprint density at radius 3 is 2.47 bits per heavy atom. The monoisotopic (exact) mass is 254 g/mol. The van der Waals surface area contributed by atoms with Gasteiger partial charge in [-0.2, -0.15) is 0 Å². The lowest BCUT2D eigenvalue weighted by molar-refractivity contribution is -0.123. The molecule has 0 saturated heterocycles. The summed E-state index contributed by atoms with van der Waals surface area (Å²) < 4.78 is 0. The Morgan fingerprint density at radius 1 is 1.35 bits per heavy atom. The Kier molecular flexibility index (Phi) is 5.45. The zero-order valence-electron chi connectivity index (χ0n) is 10.2. The summed E-state index contributed by atoms with van der Waals surface area (Å²) in [6.07, 6.45) is 0.785. The van der Waals surface area contributed by atoms with Gasteiger partial charge in [-0.3, -0.25) is 4.79 Å². The lowest BCUT2D eigenvalue weighted by atomic mass is 10.0. The van der Waals surface area contributed by atoms with Crippen molar-refractivity contribution in [1.82, 2.24) is 5.32 Å². The molecule has 3 nitrogen and oxygen atoms in total. The molecule has 0 aliphatic carbocycles. The Labute approximate surface area is 107 Å². The second-order valence-electron chi connectivity index (χ2n) is 4.44. The fourth-order valence-electron chi connectivity index (χ4n) is 1.40. The minimum atomic E-state index is -0.430. The van der Waals surface area contributed by atoms with E-state index in [2.05, 4.69) is 5.32 Å². The first-order chi connectivity index (χ1) is 8.00. The number of amides is 1. The summed E-state index contributed by atoms with van der Waals surface area (Å²) in [5.41, 5.74) is 6.88. The van der Waals surface area contributed by atoms with Gasteiger partial charge in [-0.05, 0) is 30.0 Å². The number of carbonyl (C=O) groups is 1. The summed E-state index contributed by atoms with van der Waals surface area (Å²) in [6.45, 7) is 4.47. The van der Waals surface area contributed by atoms with Crippen molar-refractivity contribution in [3.63, 3.8) is 0 Å². The highest BCUT2D eigenvalue weighted by Crippen LogP contribution is 2.09. The van der Waals surface area contributed by atoms with Gasteiger partial charge < -0.3 is 11.1 Å². The number of hydrogen-bond donors (Lipinski definition) is 2. The van der Waals surface area contributed by atoms with Crippen molar-refractivity contribution >= 4 is 17.5 Å². The van der Waals surface area contributed by atoms with Crippen LogP contribution in [-0.4, -0.2) is 18.5 Å². The molecule has 0 unspecified atom stereocenters. The molecule has 0 radical (unpaired) electrons. The highest BCUT2D eigenvalue weighted by molar-refractivity contribution is 6.30. The molecule has 0 fully saturated rings. The molecule has 1 aromatic carbocycles. The number of benzene rings is 1. The van der Waals surface area contributed by atoms with Crippen LogP contribution in [-0.2, 0) is 11.2 Å². The third-order valence-corrected chi connectivity index (χ3v) is 2.90. The minimum Gasteiger partial charge on any atom is -0.354 e. The van der Waals surface area contributed by atoms with E-state index in [4.69, 9.17) is 17.3 Å². The summed E-state index contributed by atoms with van der Waals surface area (Å²) in [5, 5.41) is 3.55. The molecule has 17 heavy (non-hydrogen) atoms. The van der Waals surface area contributed by atoms with Gasteiger partial charge in [0.05, 0.1) is 6.04 Å². The number of halogens is 1. The SMILES string of the molecule is CC(C)[C@@H](N)C(=O)NCCc1ccc(Cl)cc1. The molecule has 0 spiro atoms. The first-order valence-electron chi connectivity index (χ1n) is 5.78. The molecule has 1 atom stereocenters. The van der Waals surface area contributed by atoms with Gasteiger partial charge in [0.15, 0.2) is 0 Å². The van der Waals surface area contributed by atoms with Crippen molar-refractivity contribution in [3.8, 4) is 0 Å². The first kappa shape index (κ1) is 14.0. The summed E-state index contributed by atoms with van der Waals surface area (Å²) in [6, 6.07) is 7.17. The molecule has 0 aliphatic heterocycles. The van der Waals surface area contributed by atoms with Crippen LogP contribution >= 0.6 is 11.6 Å².